The maximum Gasteiger partial charge on any atom is 0.418 e. The van der Waals surface area contributed by atoms with Crippen LogP contribution in [0.25, 0.3) is 42.2 Å². The van der Waals surface area contributed by atoms with E-state index in [0.29, 0.717) is 16.5 Å². The Balaban J connectivity index is 0.000000204. The predicted octanol–water partition coefficient (Wildman–Crippen LogP) is 9.86. The molecular formula is C43H37F8N11O5S2. The SMILES string of the molecule is CCOC(=O)c1cc(NC(C)(C)C(=O)Nc2nc3c(C(F)(F)F)cc4[nH]ncc4c3s2)ccc1F.CNC(=O)c1cc(NC(C)(C)C(=O)Nc2nc3c(C(F)(F)F)cc4[nH]ncc4c3s2)ccc1F. The van der Waals surface area contributed by atoms with Crippen LogP contribution < -0.4 is 26.6 Å². The fraction of sp³-hybridized carbons (Fsp3) is 0.256. The van der Waals surface area contributed by atoms with Gasteiger partial charge in [0.05, 0.1) is 72.7 Å². The van der Waals surface area contributed by atoms with Gasteiger partial charge in [0.15, 0.2) is 10.3 Å². The van der Waals surface area contributed by atoms with E-state index in [9.17, 15) is 54.3 Å². The molecule has 0 spiro atoms. The van der Waals surface area contributed by atoms with E-state index in [2.05, 4.69) is 56.9 Å². The number of ether oxygens (including phenoxy) is 1. The van der Waals surface area contributed by atoms with Crippen LogP contribution in [-0.2, 0) is 26.7 Å². The number of H-pyrrole nitrogens is 2. The minimum atomic E-state index is -4.66. The van der Waals surface area contributed by atoms with Crippen molar-refractivity contribution in [3.8, 4) is 0 Å². The molecule has 0 atom stereocenters. The number of halogens is 8. The van der Waals surface area contributed by atoms with Crippen LogP contribution in [0.15, 0.2) is 60.9 Å². The Morgan fingerprint density at radius 3 is 1.48 bits per heavy atom. The van der Waals surface area contributed by atoms with Gasteiger partial charge in [0.1, 0.15) is 22.7 Å². The number of carbonyl (C=O) groups excluding carboxylic acids is 4. The Bertz CT molecular complexity index is 3300. The summed E-state index contributed by atoms with van der Waals surface area (Å²) in [6.07, 6.45) is -6.53. The number of nitrogens with zero attached hydrogens (tertiary/aromatic N) is 4. The number of nitrogens with one attached hydrogen (secondary N) is 7. The van der Waals surface area contributed by atoms with E-state index >= 15 is 0 Å². The average molecular weight is 1000 g/mol. The molecule has 7 N–H and O–H groups in total. The van der Waals surface area contributed by atoms with Crippen LogP contribution >= 0.6 is 22.7 Å². The predicted molar refractivity (Wildman–Crippen MR) is 243 cm³/mol. The van der Waals surface area contributed by atoms with E-state index in [0.717, 1.165) is 46.9 Å². The lowest BCUT2D eigenvalue weighted by Crippen LogP contribution is -2.44. The first-order valence-electron chi connectivity index (χ1n) is 20.2. The van der Waals surface area contributed by atoms with Gasteiger partial charge in [0, 0.05) is 29.2 Å². The third-order valence-electron chi connectivity index (χ3n) is 10.2. The number of aromatic amines is 2. The van der Waals surface area contributed by atoms with Crippen LogP contribution in [0.1, 0.15) is 66.5 Å². The summed E-state index contributed by atoms with van der Waals surface area (Å²) < 4.78 is 115. The van der Waals surface area contributed by atoms with Crippen LogP contribution in [0.3, 0.4) is 0 Å². The molecule has 0 aliphatic carbocycles. The summed E-state index contributed by atoms with van der Waals surface area (Å²) >= 11 is 1.77. The maximum absolute atomic E-state index is 14.0. The molecule has 0 unspecified atom stereocenters. The first-order valence-corrected chi connectivity index (χ1v) is 21.8. The van der Waals surface area contributed by atoms with Gasteiger partial charge in [-0.05, 0) is 83.1 Å². The second kappa shape index (κ2) is 18.5. The number of hydrogen-bond donors (Lipinski definition) is 7. The number of anilines is 4. The molecule has 0 saturated heterocycles. The molecule has 16 nitrogen and oxygen atoms in total. The zero-order valence-corrected chi connectivity index (χ0v) is 38.3. The van der Waals surface area contributed by atoms with Crippen molar-refractivity contribution in [1.82, 2.24) is 35.7 Å². The number of alkyl halides is 6. The lowest BCUT2D eigenvalue weighted by molar-refractivity contribution is -0.137. The van der Waals surface area contributed by atoms with Crippen molar-refractivity contribution >= 4 is 110 Å². The summed E-state index contributed by atoms with van der Waals surface area (Å²) in [5, 5.41) is 26.7. The highest BCUT2D eigenvalue weighted by Crippen LogP contribution is 2.43. The zero-order chi connectivity index (χ0) is 50.4. The zero-order valence-electron chi connectivity index (χ0n) is 36.7. The molecule has 8 aromatic rings. The molecular weight excluding hydrogens is 967 g/mol. The van der Waals surface area contributed by atoms with Gasteiger partial charge in [0.25, 0.3) is 17.7 Å². The van der Waals surface area contributed by atoms with Crippen molar-refractivity contribution in [3.05, 3.63) is 94.8 Å². The number of aromatic nitrogens is 6. The smallest absolute Gasteiger partial charge is 0.418 e. The second-order valence-corrected chi connectivity index (χ2v) is 18.0. The molecule has 4 heterocycles. The Morgan fingerprint density at radius 1 is 0.652 bits per heavy atom. The molecule has 3 amide bonds. The standard InChI is InChI=1S/C22H19F4N5O3S.C21H18F4N6O2S/c1-4-34-18(32)11-7-10(5-6-14(11)23)30-21(2,3)19(33)29-20-28-16-13(22(24,25)26)8-15-12(9-27-31-15)17(16)35-20;1-20(2,30-9-4-5-13(22)10(6-9)17(32)26-3)18(33)29-19-28-15-12(21(23,24)25)7-14-11(8-27-31-14)16(15)34-19/h5-9,30H,4H2,1-3H3,(H,27,31)(H,28,29,33);4-8,30H,1-3H3,(H,26,32)(H,27,31)(H,28,29,33). The van der Waals surface area contributed by atoms with E-state index in [-0.39, 0.29) is 65.2 Å². The van der Waals surface area contributed by atoms with Gasteiger partial charge in [-0.1, -0.05) is 22.7 Å². The molecule has 0 bridgehead atoms. The minimum absolute atomic E-state index is 0.0285. The quantitative estimate of drug-likeness (QED) is 0.0477. The molecule has 69 heavy (non-hydrogen) atoms. The maximum atomic E-state index is 14.0. The van der Waals surface area contributed by atoms with Crippen LogP contribution in [0.2, 0.25) is 0 Å². The van der Waals surface area contributed by atoms with E-state index < -0.39 is 69.9 Å². The van der Waals surface area contributed by atoms with Crippen molar-refractivity contribution in [2.75, 3.05) is 34.9 Å². The Kier molecular flexibility index (Phi) is 13.3. The molecule has 0 aliphatic rings. The summed E-state index contributed by atoms with van der Waals surface area (Å²) in [7, 11) is 1.36. The first kappa shape index (κ1) is 49.4. The fourth-order valence-electron chi connectivity index (χ4n) is 6.73. The Labute approximate surface area is 391 Å². The number of rotatable bonds is 11. The molecule has 0 aliphatic heterocycles. The van der Waals surface area contributed by atoms with Gasteiger partial charge in [-0.25, -0.2) is 23.5 Å². The third kappa shape index (κ3) is 10.3. The van der Waals surface area contributed by atoms with Crippen LogP contribution in [0.5, 0.6) is 0 Å². The number of carbonyl (C=O) groups is 4. The molecule has 8 rings (SSSR count). The molecule has 0 fully saturated rings. The van der Waals surface area contributed by atoms with Gasteiger partial charge in [-0.3, -0.25) is 35.2 Å². The van der Waals surface area contributed by atoms with Crippen molar-refractivity contribution in [2.24, 2.45) is 0 Å². The van der Waals surface area contributed by atoms with E-state index in [1.165, 1.54) is 71.4 Å². The van der Waals surface area contributed by atoms with Gasteiger partial charge in [-0.15, -0.1) is 0 Å². The van der Waals surface area contributed by atoms with Crippen LogP contribution in [0, 0.1) is 11.6 Å². The van der Waals surface area contributed by atoms with Gasteiger partial charge < -0.3 is 20.7 Å². The normalized spacial score (nSPS) is 12.2. The highest BCUT2D eigenvalue weighted by Gasteiger charge is 2.38. The highest BCUT2D eigenvalue weighted by atomic mass is 32.1. The number of fused-ring (bicyclic) bond motifs is 6. The number of thiazole rings is 2. The molecule has 4 aromatic carbocycles. The first-order chi connectivity index (χ1) is 32.3. The summed E-state index contributed by atoms with van der Waals surface area (Å²) in [6.45, 7) is 7.72. The number of benzene rings is 4. The fourth-order valence-corrected chi connectivity index (χ4v) is 8.73. The monoisotopic (exact) mass is 1000 g/mol. The van der Waals surface area contributed by atoms with Gasteiger partial charge in [0.2, 0.25) is 0 Å². The summed E-state index contributed by atoms with van der Waals surface area (Å²) in [5.74, 6) is -4.21. The topological polar surface area (TPSA) is 221 Å². The average Bonchev–Trinajstić information content (AvgIpc) is 4.09. The number of hydrogen-bond acceptors (Lipinski definition) is 13. The molecule has 26 heteroatoms. The van der Waals surface area contributed by atoms with E-state index in [1.807, 2.05) is 0 Å². The highest BCUT2D eigenvalue weighted by molar-refractivity contribution is 7.23. The second-order valence-electron chi connectivity index (χ2n) is 16.0. The molecule has 362 valence electrons. The van der Waals surface area contributed by atoms with E-state index in [1.54, 1.807) is 6.92 Å². The van der Waals surface area contributed by atoms with Gasteiger partial charge in [-0.2, -0.15) is 36.5 Å². The number of esters is 1. The van der Waals surface area contributed by atoms with Crippen molar-refractivity contribution in [3.63, 3.8) is 0 Å². The molecule has 4 aromatic heterocycles. The van der Waals surface area contributed by atoms with Gasteiger partial charge >= 0.3 is 18.3 Å². The van der Waals surface area contributed by atoms with Crippen LogP contribution in [0.4, 0.5) is 56.8 Å². The minimum Gasteiger partial charge on any atom is -0.462 e. The lowest BCUT2D eigenvalue weighted by Gasteiger charge is -2.26. The molecule has 0 saturated carbocycles. The van der Waals surface area contributed by atoms with E-state index in [4.69, 9.17) is 4.74 Å². The van der Waals surface area contributed by atoms with Crippen molar-refractivity contribution < 1.29 is 59.0 Å². The summed E-state index contributed by atoms with van der Waals surface area (Å²) in [6, 6.07) is 9.18. The summed E-state index contributed by atoms with van der Waals surface area (Å²) in [4.78, 5) is 57.8. The number of amides is 3. The lowest BCUT2D eigenvalue weighted by atomic mass is 10.0. The largest absolute Gasteiger partial charge is 0.462 e. The van der Waals surface area contributed by atoms with Crippen molar-refractivity contribution in [2.45, 2.75) is 58.0 Å². The van der Waals surface area contributed by atoms with Crippen LogP contribution in [-0.4, -0.2) is 78.8 Å². The Hall–Kier alpha value is -7.48. The molecule has 0 radical (unpaired) electrons. The Morgan fingerprint density at radius 2 is 1.07 bits per heavy atom. The van der Waals surface area contributed by atoms with Crippen molar-refractivity contribution in [1.29, 1.82) is 0 Å². The summed E-state index contributed by atoms with van der Waals surface area (Å²) in [5.41, 5.74) is -4.65. The third-order valence-corrected chi connectivity index (χ3v) is 12.2.